The summed E-state index contributed by atoms with van der Waals surface area (Å²) in [6.45, 7) is 4.00. The van der Waals surface area contributed by atoms with E-state index in [9.17, 15) is 23.9 Å². The summed E-state index contributed by atoms with van der Waals surface area (Å²) in [5, 5.41) is 0.548. The quantitative estimate of drug-likeness (QED) is 0.151. The zero-order valence-electron chi connectivity index (χ0n) is 20.0. The van der Waals surface area contributed by atoms with Crippen molar-refractivity contribution in [3.8, 4) is 11.1 Å². The first-order valence-corrected chi connectivity index (χ1v) is 14.1. The Morgan fingerprint density at radius 3 is 1.97 bits per heavy atom. The van der Waals surface area contributed by atoms with Gasteiger partial charge in [0.05, 0.1) is 15.6 Å². The molecule has 1 aromatic heterocycles. The van der Waals surface area contributed by atoms with Crippen LogP contribution >= 0.6 is 54.2 Å². The summed E-state index contributed by atoms with van der Waals surface area (Å²) >= 11 is 24.5. The van der Waals surface area contributed by atoms with Gasteiger partial charge in [0.2, 0.25) is 5.78 Å². The minimum atomic E-state index is -5.27. The molecule has 12 heteroatoms. The largest absolute Gasteiger partial charge is 0.435 e. The summed E-state index contributed by atoms with van der Waals surface area (Å²) < 4.78 is 13.0. The lowest BCUT2D eigenvalue weighted by Crippen LogP contribution is -2.12. The highest BCUT2D eigenvalue weighted by Gasteiger charge is 2.38. The number of nitrogens with zero attached hydrogens (tertiary/aromatic N) is 1. The van der Waals surface area contributed by atoms with Crippen LogP contribution in [0.4, 0.5) is 5.82 Å². The van der Waals surface area contributed by atoms with E-state index in [2.05, 4.69) is 0 Å². The van der Waals surface area contributed by atoms with Gasteiger partial charge in [-0.1, -0.05) is 96.6 Å². The topological polar surface area (TPSA) is 123 Å². The highest BCUT2D eigenvalue weighted by Crippen LogP contribution is 2.50. The molecule has 1 heterocycles. The van der Waals surface area contributed by atoms with Crippen molar-refractivity contribution in [2.24, 2.45) is 0 Å². The van der Waals surface area contributed by atoms with E-state index < -0.39 is 30.8 Å². The molecular formula is C26H21Cl4N2O5P. The third-order valence-electron chi connectivity index (χ3n) is 5.30. The second-order valence-electron chi connectivity index (χ2n) is 7.59. The number of anilines is 1. The maximum absolute atomic E-state index is 13.7. The lowest BCUT2D eigenvalue weighted by atomic mass is 9.93. The molecule has 0 saturated carbocycles. The number of rotatable bonds is 6. The molecular weight excluding hydrogens is 593 g/mol. The Labute approximate surface area is 238 Å². The number of hydrogen-bond acceptors (Lipinski definition) is 4. The summed E-state index contributed by atoms with van der Waals surface area (Å²) in [7, 11) is -5.27. The molecule has 38 heavy (non-hydrogen) atoms. The summed E-state index contributed by atoms with van der Waals surface area (Å²) in [5.41, 5.74) is 5.41. The molecule has 0 amide bonds. The van der Waals surface area contributed by atoms with Gasteiger partial charge in [-0.3, -0.25) is 9.59 Å². The van der Waals surface area contributed by atoms with Gasteiger partial charge >= 0.3 is 7.75 Å². The molecule has 0 atom stereocenters. The summed E-state index contributed by atoms with van der Waals surface area (Å²) in [6, 6.07) is 16.1. The van der Waals surface area contributed by atoms with Crippen LogP contribution in [0.3, 0.4) is 0 Å². The molecule has 4 rings (SSSR count). The van der Waals surface area contributed by atoms with Gasteiger partial charge in [-0.2, -0.15) is 0 Å². The van der Waals surface area contributed by atoms with Crippen molar-refractivity contribution in [3.63, 3.8) is 0 Å². The number of carbonyl (C=O) groups is 2. The van der Waals surface area contributed by atoms with Crippen LogP contribution in [0.1, 0.15) is 45.8 Å². The molecule has 0 aliphatic heterocycles. The average Bonchev–Trinajstić information content (AvgIpc) is 3.19. The second kappa shape index (κ2) is 12.1. The van der Waals surface area contributed by atoms with Crippen LogP contribution in [0.15, 0.2) is 66.7 Å². The Morgan fingerprint density at radius 1 is 0.789 bits per heavy atom. The predicted molar refractivity (Wildman–Crippen MR) is 153 cm³/mol. The molecule has 0 saturated heterocycles. The first kappa shape index (κ1) is 29.9. The van der Waals surface area contributed by atoms with E-state index in [4.69, 9.17) is 52.1 Å². The molecule has 0 bridgehead atoms. The third-order valence-corrected chi connectivity index (χ3v) is 7.53. The van der Waals surface area contributed by atoms with Crippen LogP contribution < -0.4 is 5.73 Å². The van der Waals surface area contributed by atoms with E-state index in [1.807, 2.05) is 13.8 Å². The average molecular weight is 614 g/mol. The summed E-state index contributed by atoms with van der Waals surface area (Å²) in [4.78, 5) is 47.8. The van der Waals surface area contributed by atoms with Crippen LogP contribution in [0.2, 0.25) is 20.1 Å². The zero-order chi connectivity index (χ0) is 28.4. The van der Waals surface area contributed by atoms with Crippen LogP contribution in [-0.2, 0) is 4.57 Å². The van der Waals surface area contributed by atoms with Crippen molar-refractivity contribution < 1.29 is 23.9 Å². The second-order valence-corrected chi connectivity index (χ2v) is 10.7. The van der Waals surface area contributed by atoms with Crippen molar-refractivity contribution >= 4 is 71.5 Å². The highest BCUT2D eigenvalue weighted by molar-refractivity contribution is 7.50. The number of carbonyl (C=O) groups excluding carboxylic acids is 2. The molecule has 3 aromatic carbocycles. The van der Waals surface area contributed by atoms with Crippen molar-refractivity contribution in [2.45, 2.75) is 13.8 Å². The first-order chi connectivity index (χ1) is 17.9. The normalized spacial score (nSPS) is 11.1. The lowest BCUT2D eigenvalue weighted by Gasteiger charge is -2.13. The molecule has 4 N–H and O–H groups in total. The van der Waals surface area contributed by atoms with Crippen LogP contribution in [-0.4, -0.2) is 25.7 Å². The van der Waals surface area contributed by atoms with E-state index in [-0.39, 0.29) is 47.9 Å². The Bertz CT molecular complexity index is 1580. The van der Waals surface area contributed by atoms with Crippen molar-refractivity contribution in [3.05, 3.63) is 109 Å². The maximum atomic E-state index is 13.7. The van der Waals surface area contributed by atoms with Gasteiger partial charge in [-0.15, -0.1) is 0 Å². The monoisotopic (exact) mass is 612 g/mol. The molecule has 198 valence electrons. The van der Waals surface area contributed by atoms with E-state index in [0.717, 1.165) is 0 Å². The standard InChI is InChI=1S/C24H15Cl4N2O5P.C2H6/c25-14-7-8-15(17(27)11-14)19-20(22(31)13-6-9-16(26)18(28)10-13)24(29)30(36(33,34)35)21(19)23(32)12-4-2-1-3-5-12;1-2/h1-11H,29H2,(H2,33,34,35);1-2H3. The molecule has 4 aromatic rings. The van der Waals surface area contributed by atoms with E-state index in [1.54, 1.807) is 18.2 Å². The maximum Gasteiger partial charge on any atom is 0.435 e. The van der Waals surface area contributed by atoms with Gasteiger partial charge in [0.15, 0.2) is 5.78 Å². The third kappa shape index (κ3) is 5.85. The molecule has 0 radical (unpaired) electrons. The fourth-order valence-electron chi connectivity index (χ4n) is 3.75. The Balaban J connectivity index is 0.00000195. The van der Waals surface area contributed by atoms with Crippen LogP contribution in [0.25, 0.3) is 11.1 Å². The minimum absolute atomic E-state index is 0.0176. The number of aromatic nitrogens is 1. The smallest absolute Gasteiger partial charge is 0.384 e. The number of nitrogen functional groups attached to an aromatic ring is 1. The van der Waals surface area contributed by atoms with Gasteiger partial charge in [-0.25, -0.2) is 8.90 Å². The van der Waals surface area contributed by atoms with Gasteiger partial charge in [-0.05, 0) is 30.3 Å². The zero-order valence-corrected chi connectivity index (χ0v) is 23.9. The number of hydrogen-bond donors (Lipinski definition) is 3. The minimum Gasteiger partial charge on any atom is -0.384 e. The first-order valence-electron chi connectivity index (χ1n) is 11.1. The molecule has 0 unspecified atom stereocenters. The van der Waals surface area contributed by atoms with Crippen molar-refractivity contribution in [2.75, 3.05) is 5.73 Å². The van der Waals surface area contributed by atoms with Gasteiger partial charge < -0.3 is 15.5 Å². The lowest BCUT2D eigenvalue weighted by molar-refractivity contribution is 0.103. The van der Waals surface area contributed by atoms with Crippen molar-refractivity contribution in [1.29, 1.82) is 0 Å². The fourth-order valence-corrected chi connectivity index (χ4v) is 5.38. The number of ketones is 2. The van der Waals surface area contributed by atoms with E-state index >= 15 is 0 Å². The molecule has 7 nitrogen and oxygen atoms in total. The number of halogens is 4. The highest BCUT2D eigenvalue weighted by atomic mass is 35.5. The van der Waals surface area contributed by atoms with Crippen LogP contribution in [0.5, 0.6) is 0 Å². The van der Waals surface area contributed by atoms with Crippen molar-refractivity contribution in [1.82, 2.24) is 4.34 Å². The van der Waals surface area contributed by atoms with E-state index in [0.29, 0.717) is 4.34 Å². The Kier molecular flexibility index (Phi) is 9.50. The Morgan fingerprint density at radius 2 is 1.42 bits per heavy atom. The molecule has 0 fully saturated rings. The van der Waals surface area contributed by atoms with Gasteiger partial charge in [0, 0.05) is 32.3 Å². The van der Waals surface area contributed by atoms with Crippen LogP contribution in [0, 0.1) is 0 Å². The number of nitrogens with two attached hydrogens (primary N) is 1. The summed E-state index contributed by atoms with van der Waals surface area (Å²) in [5.74, 6) is -2.18. The molecule has 0 spiro atoms. The summed E-state index contributed by atoms with van der Waals surface area (Å²) in [6.07, 6.45) is 0. The molecule has 0 aliphatic carbocycles. The fraction of sp³-hybridized carbons (Fsp3) is 0.0769. The van der Waals surface area contributed by atoms with Gasteiger partial charge in [0.1, 0.15) is 11.5 Å². The predicted octanol–water partition coefficient (Wildman–Crippen LogP) is 7.78. The Hall–Kier alpha value is -2.61. The van der Waals surface area contributed by atoms with Gasteiger partial charge in [0.25, 0.3) is 0 Å². The SMILES string of the molecule is CC.Nc1c(C(=O)c2ccc(Cl)c(Cl)c2)c(-c2ccc(Cl)cc2Cl)c(C(=O)c2ccccc2)n1P(=O)(O)O. The molecule has 0 aliphatic rings. The van der Waals surface area contributed by atoms with E-state index in [1.165, 1.54) is 48.5 Å². The number of benzene rings is 3.